The van der Waals surface area contributed by atoms with Gasteiger partial charge in [-0.1, -0.05) is 18.9 Å². The van der Waals surface area contributed by atoms with Gasteiger partial charge in [0.05, 0.1) is 12.6 Å². The van der Waals surface area contributed by atoms with Crippen molar-refractivity contribution in [2.45, 2.75) is 37.8 Å². The smallest absolute Gasteiger partial charge is 0.192 e. The largest absolute Gasteiger partial charge is 0.370 e. The fourth-order valence-corrected chi connectivity index (χ4v) is 3.66. The minimum Gasteiger partial charge on any atom is -0.370 e. The van der Waals surface area contributed by atoms with E-state index in [1.165, 1.54) is 30.6 Å². The first-order valence-electron chi connectivity index (χ1n) is 5.98. The van der Waals surface area contributed by atoms with Crippen molar-refractivity contribution in [3.8, 4) is 0 Å². The van der Waals surface area contributed by atoms with Gasteiger partial charge in [0.25, 0.3) is 0 Å². The molecule has 1 aromatic heterocycles. The first-order valence-corrected chi connectivity index (χ1v) is 6.86. The second-order valence-electron chi connectivity index (χ2n) is 4.58. The minimum absolute atomic E-state index is 0.406. The second kappa shape index (κ2) is 4.09. The van der Waals surface area contributed by atoms with Gasteiger partial charge in [0.15, 0.2) is 5.96 Å². The average Bonchev–Trinajstić information content (AvgIpc) is 2.96. The number of rotatable bonds is 2. The lowest BCUT2D eigenvalue weighted by molar-refractivity contribution is 0.265. The van der Waals surface area contributed by atoms with Gasteiger partial charge in [0.2, 0.25) is 0 Å². The van der Waals surface area contributed by atoms with Crippen LogP contribution in [0.15, 0.2) is 22.5 Å². The lowest BCUT2D eigenvalue weighted by Crippen LogP contribution is -2.42. The average molecular weight is 235 g/mol. The predicted molar refractivity (Wildman–Crippen MR) is 67.6 cm³/mol. The molecule has 0 aromatic carbocycles. The summed E-state index contributed by atoms with van der Waals surface area (Å²) in [6.07, 6.45) is 5.23. The predicted octanol–water partition coefficient (Wildman–Crippen LogP) is 2.36. The number of nitrogens with zero attached hydrogens (tertiary/aromatic N) is 2. The number of aliphatic imine (C=N–C) groups is 1. The van der Waals surface area contributed by atoms with Crippen molar-refractivity contribution in [1.29, 1.82) is 0 Å². The summed E-state index contributed by atoms with van der Waals surface area (Å²) in [6.45, 7) is 0.836. The molecular formula is C12H17N3S. The van der Waals surface area contributed by atoms with E-state index >= 15 is 0 Å². The summed E-state index contributed by atoms with van der Waals surface area (Å²) in [5.41, 5.74) is 6.04. The highest BCUT2D eigenvalue weighted by molar-refractivity contribution is 7.10. The molecule has 3 nitrogen and oxygen atoms in total. The number of hydrogen-bond acceptors (Lipinski definition) is 4. The van der Waals surface area contributed by atoms with Crippen molar-refractivity contribution in [2.24, 2.45) is 10.7 Å². The Bertz CT molecular complexity index is 379. The molecule has 1 aliphatic carbocycles. The Morgan fingerprint density at radius 2 is 2.19 bits per heavy atom. The van der Waals surface area contributed by atoms with Crippen molar-refractivity contribution in [3.05, 3.63) is 22.4 Å². The first-order chi connectivity index (χ1) is 7.86. The molecule has 1 aromatic rings. The topological polar surface area (TPSA) is 41.6 Å². The summed E-state index contributed by atoms with van der Waals surface area (Å²) in [5, 5.41) is 2.14. The normalized spacial score (nSPS) is 26.4. The zero-order chi connectivity index (χ0) is 11.0. The first kappa shape index (κ1) is 10.1. The maximum absolute atomic E-state index is 6.04. The van der Waals surface area contributed by atoms with Crippen LogP contribution < -0.4 is 5.73 Å². The number of thiophene rings is 1. The van der Waals surface area contributed by atoms with Gasteiger partial charge in [-0.3, -0.25) is 4.99 Å². The Labute approximate surface area is 100.0 Å². The summed E-state index contributed by atoms with van der Waals surface area (Å²) < 4.78 is 0. The molecule has 1 aliphatic heterocycles. The van der Waals surface area contributed by atoms with E-state index in [9.17, 15) is 0 Å². The van der Waals surface area contributed by atoms with Gasteiger partial charge in [-0.05, 0) is 24.3 Å². The third-order valence-electron chi connectivity index (χ3n) is 3.62. The summed E-state index contributed by atoms with van der Waals surface area (Å²) in [4.78, 5) is 8.19. The zero-order valence-electron chi connectivity index (χ0n) is 9.30. The van der Waals surface area contributed by atoms with Crippen LogP contribution in [0.1, 0.15) is 36.6 Å². The molecule has 0 saturated heterocycles. The zero-order valence-corrected chi connectivity index (χ0v) is 10.1. The number of hydrogen-bond donors (Lipinski definition) is 1. The Morgan fingerprint density at radius 3 is 2.88 bits per heavy atom. The van der Waals surface area contributed by atoms with Crippen LogP contribution in [0.4, 0.5) is 0 Å². The summed E-state index contributed by atoms with van der Waals surface area (Å²) >= 11 is 1.81. The van der Waals surface area contributed by atoms with Gasteiger partial charge in [-0.15, -0.1) is 11.3 Å². The van der Waals surface area contributed by atoms with Crippen molar-refractivity contribution in [3.63, 3.8) is 0 Å². The molecule has 2 N–H and O–H groups in total. The molecule has 1 unspecified atom stereocenters. The molecule has 2 aliphatic rings. The van der Waals surface area contributed by atoms with Gasteiger partial charge in [0.1, 0.15) is 0 Å². The quantitative estimate of drug-likeness (QED) is 0.855. The van der Waals surface area contributed by atoms with Crippen LogP contribution in [0.25, 0.3) is 0 Å². The van der Waals surface area contributed by atoms with Gasteiger partial charge < -0.3 is 10.6 Å². The minimum atomic E-state index is 0.406. The number of nitrogens with two attached hydrogens (primary N) is 1. The standard InChI is InChI=1S/C12H17N3S/c13-12-14-8-10(11-6-3-7-16-11)15(12)9-4-1-2-5-9/h3,6-7,9-10H,1-2,4-5,8H2,(H2,13,14). The highest BCUT2D eigenvalue weighted by Crippen LogP contribution is 2.35. The van der Waals surface area contributed by atoms with Crippen molar-refractivity contribution >= 4 is 17.3 Å². The van der Waals surface area contributed by atoms with Crippen molar-refractivity contribution < 1.29 is 0 Å². The van der Waals surface area contributed by atoms with Crippen molar-refractivity contribution in [1.82, 2.24) is 4.90 Å². The van der Waals surface area contributed by atoms with Crippen LogP contribution in [0.5, 0.6) is 0 Å². The summed E-state index contributed by atoms with van der Waals surface area (Å²) in [5.74, 6) is 0.755. The van der Waals surface area contributed by atoms with E-state index in [4.69, 9.17) is 5.73 Å². The van der Waals surface area contributed by atoms with Crippen LogP contribution >= 0.6 is 11.3 Å². The number of guanidine groups is 1. The van der Waals surface area contributed by atoms with E-state index in [2.05, 4.69) is 27.4 Å². The van der Waals surface area contributed by atoms with Gasteiger partial charge >= 0.3 is 0 Å². The van der Waals surface area contributed by atoms with Gasteiger partial charge in [-0.2, -0.15) is 0 Å². The molecule has 1 saturated carbocycles. The van der Waals surface area contributed by atoms with E-state index in [0.29, 0.717) is 12.1 Å². The van der Waals surface area contributed by atoms with E-state index in [1.54, 1.807) is 0 Å². The van der Waals surface area contributed by atoms with Crippen LogP contribution in [0.2, 0.25) is 0 Å². The SMILES string of the molecule is NC1=NCC(c2cccs2)N1C1CCCC1. The lowest BCUT2D eigenvalue weighted by atomic mass is 10.1. The van der Waals surface area contributed by atoms with E-state index in [0.717, 1.165) is 12.5 Å². The Kier molecular flexibility index (Phi) is 2.59. The molecule has 0 amide bonds. The molecule has 1 fully saturated rings. The Hall–Kier alpha value is -1.03. The highest BCUT2D eigenvalue weighted by Gasteiger charge is 2.34. The van der Waals surface area contributed by atoms with E-state index < -0.39 is 0 Å². The highest BCUT2D eigenvalue weighted by atomic mass is 32.1. The van der Waals surface area contributed by atoms with Crippen LogP contribution in [-0.4, -0.2) is 23.4 Å². The van der Waals surface area contributed by atoms with E-state index in [-0.39, 0.29) is 0 Å². The molecule has 0 spiro atoms. The monoisotopic (exact) mass is 235 g/mol. The third-order valence-corrected chi connectivity index (χ3v) is 4.59. The lowest BCUT2D eigenvalue weighted by Gasteiger charge is -2.31. The second-order valence-corrected chi connectivity index (χ2v) is 5.55. The molecule has 0 radical (unpaired) electrons. The maximum atomic E-state index is 6.04. The molecule has 4 heteroatoms. The Balaban J connectivity index is 1.84. The molecule has 0 bridgehead atoms. The van der Waals surface area contributed by atoms with Crippen LogP contribution in [0, 0.1) is 0 Å². The van der Waals surface area contributed by atoms with E-state index in [1.807, 2.05) is 11.3 Å². The fourth-order valence-electron chi connectivity index (χ4n) is 2.84. The molecule has 1 atom stereocenters. The molecule has 3 rings (SSSR count). The van der Waals surface area contributed by atoms with Gasteiger partial charge in [0, 0.05) is 10.9 Å². The molecule has 2 heterocycles. The molecule has 16 heavy (non-hydrogen) atoms. The summed E-state index contributed by atoms with van der Waals surface area (Å²) in [6, 6.07) is 5.34. The fraction of sp³-hybridized carbons (Fsp3) is 0.583. The van der Waals surface area contributed by atoms with Gasteiger partial charge in [-0.25, -0.2) is 0 Å². The van der Waals surface area contributed by atoms with Crippen LogP contribution in [-0.2, 0) is 0 Å². The maximum Gasteiger partial charge on any atom is 0.192 e. The third kappa shape index (κ3) is 1.61. The van der Waals surface area contributed by atoms with Crippen LogP contribution in [0.3, 0.4) is 0 Å². The van der Waals surface area contributed by atoms with Crippen molar-refractivity contribution in [2.75, 3.05) is 6.54 Å². The molecule has 86 valence electrons. The Morgan fingerprint density at radius 1 is 1.38 bits per heavy atom. The summed E-state index contributed by atoms with van der Waals surface area (Å²) in [7, 11) is 0. The molecular weight excluding hydrogens is 218 g/mol.